The molecule has 2 aliphatic rings. The first-order chi connectivity index (χ1) is 8.09. The number of nitrogens with one attached hydrogen (secondary N) is 2. The topological polar surface area (TPSA) is 44.4 Å². The summed E-state index contributed by atoms with van der Waals surface area (Å²) in [7, 11) is 0. The maximum atomic E-state index is 12.4. The minimum absolute atomic E-state index is 0.0226. The van der Waals surface area contributed by atoms with Gasteiger partial charge in [0.15, 0.2) is 0 Å². The summed E-state index contributed by atoms with van der Waals surface area (Å²) in [6.45, 7) is 9.16. The molecule has 2 aliphatic heterocycles. The van der Waals surface area contributed by atoms with Gasteiger partial charge in [0.1, 0.15) is 0 Å². The lowest BCUT2D eigenvalue weighted by molar-refractivity contribution is -0.135. The van der Waals surface area contributed by atoms with Crippen molar-refractivity contribution in [1.29, 1.82) is 0 Å². The van der Waals surface area contributed by atoms with Crippen molar-refractivity contribution < 1.29 is 4.79 Å². The zero-order chi connectivity index (χ0) is 12.4. The molecule has 0 aliphatic carbocycles. The van der Waals surface area contributed by atoms with Crippen molar-refractivity contribution in [3.8, 4) is 0 Å². The van der Waals surface area contributed by atoms with Crippen LogP contribution in [0.25, 0.3) is 0 Å². The van der Waals surface area contributed by atoms with E-state index in [2.05, 4.69) is 36.3 Å². The predicted octanol–water partition coefficient (Wildman–Crippen LogP) is 0.583. The molecule has 4 heteroatoms. The van der Waals surface area contributed by atoms with Crippen LogP contribution in [0.2, 0.25) is 0 Å². The molecule has 0 radical (unpaired) electrons. The van der Waals surface area contributed by atoms with E-state index in [1.165, 1.54) is 6.42 Å². The minimum Gasteiger partial charge on any atom is -0.338 e. The van der Waals surface area contributed by atoms with E-state index in [-0.39, 0.29) is 6.04 Å². The lowest BCUT2D eigenvalue weighted by atomic mass is 10.0. The van der Waals surface area contributed by atoms with Crippen molar-refractivity contribution in [2.45, 2.75) is 51.7 Å². The Bertz CT molecular complexity index is 272. The molecule has 1 amide bonds. The average Bonchev–Trinajstić information content (AvgIpc) is 2.78. The number of hydrogen-bond donors (Lipinski definition) is 2. The standard InChI is InChI=1S/C13H25N3O/c1-9(2)12-5-4-6-16(12)13(17)11-8-14-10(3)7-15-11/h9-12,14-15H,4-8H2,1-3H3. The molecule has 2 fully saturated rings. The van der Waals surface area contributed by atoms with E-state index in [1.54, 1.807) is 0 Å². The van der Waals surface area contributed by atoms with E-state index in [4.69, 9.17) is 0 Å². The number of piperazine rings is 1. The van der Waals surface area contributed by atoms with Crippen molar-refractivity contribution in [1.82, 2.24) is 15.5 Å². The van der Waals surface area contributed by atoms with Crippen LogP contribution >= 0.6 is 0 Å². The van der Waals surface area contributed by atoms with Gasteiger partial charge >= 0.3 is 0 Å². The third kappa shape index (κ3) is 2.80. The Balaban J connectivity index is 1.95. The van der Waals surface area contributed by atoms with Gasteiger partial charge < -0.3 is 15.5 Å². The first-order valence-corrected chi connectivity index (χ1v) is 6.87. The van der Waals surface area contributed by atoms with Gasteiger partial charge in [-0.15, -0.1) is 0 Å². The lowest BCUT2D eigenvalue weighted by Crippen LogP contribution is -2.60. The Hall–Kier alpha value is -0.610. The van der Waals surface area contributed by atoms with Gasteiger partial charge in [0, 0.05) is 31.7 Å². The summed E-state index contributed by atoms with van der Waals surface area (Å²) in [4.78, 5) is 14.5. The summed E-state index contributed by atoms with van der Waals surface area (Å²) in [5.74, 6) is 0.859. The highest BCUT2D eigenvalue weighted by molar-refractivity contribution is 5.83. The quantitative estimate of drug-likeness (QED) is 0.741. The average molecular weight is 239 g/mol. The maximum Gasteiger partial charge on any atom is 0.241 e. The van der Waals surface area contributed by atoms with Gasteiger partial charge in [0.25, 0.3) is 0 Å². The summed E-state index contributed by atoms with van der Waals surface area (Å²) in [6.07, 6.45) is 2.32. The summed E-state index contributed by atoms with van der Waals surface area (Å²) < 4.78 is 0. The molecule has 2 rings (SSSR count). The molecule has 0 aromatic carbocycles. The van der Waals surface area contributed by atoms with Crippen LogP contribution in [0.1, 0.15) is 33.6 Å². The number of carbonyl (C=O) groups excluding carboxylic acids is 1. The van der Waals surface area contributed by atoms with Crippen molar-refractivity contribution in [3.63, 3.8) is 0 Å². The third-order valence-electron chi connectivity index (χ3n) is 3.99. The molecule has 98 valence electrons. The van der Waals surface area contributed by atoms with Crippen LogP contribution in [0.5, 0.6) is 0 Å². The number of carbonyl (C=O) groups is 1. The second-order valence-corrected chi connectivity index (χ2v) is 5.76. The largest absolute Gasteiger partial charge is 0.338 e. The number of likely N-dealkylation sites (tertiary alicyclic amines) is 1. The molecule has 3 unspecified atom stereocenters. The normalized spacial score (nSPS) is 34.4. The van der Waals surface area contributed by atoms with E-state index >= 15 is 0 Å². The monoisotopic (exact) mass is 239 g/mol. The van der Waals surface area contributed by atoms with Crippen LogP contribution in [-0.2, 0) is 4.79 Å². The Kier molecular flexibility index (Phi) is 4.05. The van der Waals surface area contributed by atoms with E-state index < -0.39 is 0 Å². The summed E-state index contributed by atoms with van der Waals surface area (Å²) >= 11 is 0. The van der Waals surface area contributed by atoms with Gasteiger partial charge in [0.2, 0.25) is 5.91 Å². The molecular weight excluding hydrogens is 214 g/mol. The van der Waals surface area contributed by atoms with Gasteiger partial charge in [-0.05, 0) is 25.7 Å². The van der Waals surface area contributed by atoms with E-state index in [0.717, 1.165) is 26.1 Å². The summed E-state index contributed by atoms with van der Waals surface area (Å²) in [5.41, 5.74) is 0. The fourth-order valence-corrected chi connectivity index (χ4v) is 2.92. The van der Waals surface area contributed by atoms with E-state index in [9.17, 15) is 4.79 Å². The van der Waals surface area contributed by atoms with Gasteiger partial charge in [0.05, 0.1) is 6.04 Å². The van der Waals surface area contributed by atoms with E-state index in [0.29, 0.717) is 23.9 Å². The molecule has 0 saturated carbocycles. The Morgan fingerprint density at radius 1 is 1.29 bits per heavy atom. The van der Waals surface area contributed by atoms with Gasteiger partial charge in [-0.2, -0.15) is 0 Å². The second kappa shape index (κ2) is 5.36. The molecule has 2 saturated heterocycles. The SMILES string of the molecule is CC1CNC(C(=O)N2CCCC2C(C)C)CN1. The van der Waals surface area contributed by atoms with Gasteiger partial charge in [-0.1, -0.05) is 13.8 Å². The highest BCUT2D eigenvalue weighted by atomic mass is 16.2. The summed E-state index contributed by atoms with van der Waals surface area (Å²) in [6, 6.07) is 0.896. The first kappa shape index (κ1) is 12.8. The molecule has 2 heterocycles. The highest BCUT2D eigenvalue weighted by Gasteiger charge is 2.35. The number of nitrogens with zero attached hydrogens (tertiary/aromatic N) is 1. The van der Waals surface area contributed by atoms with Crippen molar-refractivity contribution in [2.24, 2.45) is 5.92 Å². The number of rotatable bonds is 2. The highest BCUT2D eigenvalue weighted by Crippen LogP contribution is 2.24. The molecule has 2 N–H and O–H groups in total. The molecule has 3 atom stereocenters. The Morgan fingerprint density at radius 3 is 2.65 bits per heavy atom. The predicted molar refractivity (Wildman–Crippen MR) is 68.8 cm³/mol. The Labute approximate surface area is 104 Å². The van der Waals surface area contributed by atoms with Crippen LogP contribution in [-0.4, -0.2) is 48.6 Å². The number of amides is 1. The van der Waals surface area contributed by atoms with E-state index in [1.807, 2.05) is 0 Å². The van der Waals surface area contributed by atoms with Gasteiger partial charge in [-0.3, -0.25) is 4.79 Å². The first-order valence-electron chi connectivity index (χ1n) is 6.87. The molecular formula is C13H25N3O. The van der Waals surface area contributed by atoms with Crippen LogP contribution in [0, 0.1) is 5.92 Å². The number of hydrogen-bond acceptors (Lipinski definition) is 3. The molecule has 17 heavy (non-hydrogen) atoms. The maximum absolute atomic E-state index is 12.4. The van der Waals surface area contributed by atoms with Crippen molar-refractivity contribution in [2.75, 3.05) is 19.6 Å². The Morgan fingerprint density at radius 2 is 2.06 bits per heavy atom. The summed E-state index contributed by atoms with van der Waals surface area (Å²) in [5, 5.41) is 6.72. The second-order valence-electron chi connectivity index (χ2n) is 5.76. The third-order valence-corrected chi connectivity index (χ3v) is 3.99. The van der Waals surface area contributed by atoms with Crippen molar-refractivity contribution >= 4 is 5.91 Å². The zero-order valence-electron chi connectivity index (χ0n) is 11.2. The van der Waals surface area contributed by atoms with Crippen LogP contribution in [0.3, 0.4) is 0 Å². The smallest absolute Gasteiger partial charge is 0.241 e. The molecule has 0 aromatic rings. The molecule has 0 aromatic heterocycles. The molecule has 0 spiro atoms. The van der Waals surface area contributed by atoms with Crippen LogP contribution in [0.15, 0.2) is 0 Å². The lowest BCUT2D eigenvalue weighted by Gasteiger charge is -2.34. The molecule has 0 bridgehead atoms. The van der Waals surface area contributed by atoms with Crippen LogP contribution in [0.4, 0.5) is 0 Å². The molecule has 4 nitrogen and oxygen atoms in total. The zero-order valence-corrected chi connectivity index (χ0v) is 11.2. The van der Waals surface area contributed by atoms with Crippen LogP contribution < -0.4 is 10.6 Å². The fraction of sp³-hybridized carbons (Fsp3) is 0.923. The minimum atomic E-state index is -0.0226. The van der Waals surface area contributed by atoms with Gasteiger partial charge in [-0.25, -0.2) is 0 Å². The fourth-order valence-electron chi connectivity index (χ4n) is 2.92. The van der Waals surface area contributed by atoms with Crippen molar-refractivity contribution in [3.05, 3.63) is 0 Å².